The Morgan fingerprint density at radius 3 is 2.48 bits per heavy atom. The second-order valence-electron chi connectivity index (χ2n) is 9.69. The van der Waals surface area contributed by atoms with Gasteiger partial charge in [0, 0.05) is 12.7 Å². The van der Waals surface area contributed by atoms with Gasteiger partial charge in [0.05, 0.1) is 23.7 Å². The number of carbonyl (C=O) groups is 2. The molecule has 3 amide bonds. The van der Waals surface area contributed by atoms with Crippen molar-refractivity contribution in [2.75, 3.05) is 23.1 Å². The van der Waals surface area contributed by atoms with Crippen LogP contribution in [-0.2, 0) is 16.1 Å². The molecule has 0 saturated carbocycles. The highest BCUT2D eigenvalue weighted by Crippen LogP contribution is 2.31. The molecule has 10 nitrogen and oxygen atoms in total. The Labute approximate surface area is 262 Å². The molecule has 1 aliphatic heterocycles. The van der Waals surface area contributed by atoms with E-state index in [9.17, 15) is 31.5 Å². The summed E-state index contributed by atoms with van der Waals surface area (Å²) >= 11 is 1.01. The number of carbonyl (C=O) groups excluding carboxylic acids is 2. The van der Waals surface area contributed by atoms with Gasteiger partial charge in [0.1, 0.15) is 29.4 Å². The predicted octanol–water partition coefficient (Wildman–Crippen LogP) is 6.74. The number of halogens is 5. The average Bonchev–Trinajstić information content (AvgIpc) is 3.61. The lowest BCUT2D eigenvalue weighted by Gasteiger charge is -2.20. The second kappa shape index (κ2) is 13.5. The maximum absolute atomic E-state index is 14.9. The van der Waals surface area contributed by atoms with E-state index in [1.54, 1.807) is 12.1 Å². The van der Waals surface area contributed by atoms with Gasteiger partial charge in [-0.15, -0.1) is 18.3 Å². The van der Waals surface area contributed by atoms with Gasteiger partial charge >= 0.3 is 12.4 Å². The first-order valence-corrected chi connectivity index (χ1v) is 14.3. The van der Waals surface area contributed by atoms with Crippen molar-refractivity contribution in [3.8, 4) is 11.4 Å². The lowest BCUT2D eigenvalue weighted by atomic mass is 10.1. The molecule has 0 bridgehead atoms. The van der Waals surface area contributed by atoms with Gasteiger partial charge in [0.15, 0.2) is 11.0 Å². The van der Waals surface area contributed by atoms with E-state index in [-0.39, 0.29) is 34.8 Å². The summed E-state index contributed by atoms with van der Waals surface area (Å²) in [6.07, 6.45) is -0.827. The number of anilines is 2. The highest BCUT2D eigenvalue weighted by atomic mass is 32.2. The molecule has 0 spiro atoms. The maximum Gasteiger partial charge on any atom is 0.573 e. The maximum atomic E-state index is 14.9. The van der Waals surface area contributed by atoms with E-state index in [4.69, 9.17) is 4.74 Å². The molecule has 1 aromatic heterocycles. The molecule has 1 fully saturated rings. The van der Waals surface area contributed by atoms with Crippen molar-refractivity contribution in [3.63, 3.8) is 0 Å². The van der Waals surface area contributed by atoms with Crippen LogP contribution in [0.5, 0.6) is 5.75 Å². The van der Waals surface area contributed by atoms with Gasteiger partial charge in [-0.3, -0.25) is 9.69 Å². The molecular weight excluding hydrogens is 635 g/mol. The second-order valence-corrected chi connectivity index (χ2v) is 10.6. The molecule has 0 aliphatic carbocycles. The fourth-order valence-corrected chi connectivity index (χ4v) is 5.18. The van der Waals surface area contributed by atoms with Gasteiger partial charge in [0.2, 0.25) is 5.91 Å². The van der Waals surface area contributed by atoms with Crippen LogP contribution >= 0.6 is 11.8 Å². The first-order valence-electron chi connectivity index (χ1n) is 13.3. The van der Waals surface area contributed by atoms with Crippen molar-refractivity contribution in [1.82, 2.24) is 14.8 Å². The number of nitrogens with one attached hydrogen (secondary N) is 1. The molecular formula is C30H23F5N6O4S. The minimum absolute atomic E-state index is 0.0204. The van der Waals surface area contributed by atoms with Crippen LogP contribution in [0, 0.1) is 18.6 Å². The van der Waals surface area contributed by atoms with Crippen LogP contribution in [0.25, 0.3) is 17.8 Å². The molecule has 1 N–H and O–H groups in total. The van der Waals surface area contributed by atoms with Gasteiger partial charge < -0.3 is 14.8 Å². The predicted molar refractivity (Wildman–Crippen MR) is 162 cm³/mol. The number of aryl methyl sites for hydroxylation is 1. The third-order valence-corrected chi connectivity index (χ3v) is 7.23. The number of alkyl halides is 3. The zero-order chi connectivity index (χ0) is 33.0. The number of hydrogen-bond acceptors (Lipinski definition) is 7. The smallest absolute Gasteiger partial charge is 0.406 e. The number of benzene rings is 3. The number of thioether (sulfide) groups is 1. The Kier molecular flexibility index (Phi) is 9.48. The molecule has 16 heteroatoms. The van der Waals surface area contributed by atoms with Gasteiger partial charge in [-0.05, 0) is 66.6 Å². The van der Waals surface area contributed by atoms with Crippen LogP contribution in [0.2, 0.25) is 0 Å². The van der Waals surface area contributed by atoms with Crippen molar-refractivity contribution in [2.24, 2.45) is 4.99 Å². The number of urea groups is 1. The Morgan fingerprint density at radius 2 is 1.80 bits per heavy atom. The van der Waals surface area contributed by atoms with E-state index in [1.807, 2.05) is 13.0 Å². The lowest BCUT2D eigenvalue weighted by Crippen LogP contribution is -2.31. The molecule has 0 atom stereocenters. The molecule has 5 rings (SSSR count). The Balaban J connectivity index is 1.28. The Morgan fingerprint density at radius 1 is 1.09 bits per heavy atom. The number of rotatable bonds is 8. The summed E-state index contributed by atoms with van der Waals surface area (Å²) in [4.78, 5) is 34.7. The quantitative estimate of drug-likeness (QED) is 0.209. The summed E-state index contributed by atoms with van der Waals surface area (Å²) in [6, 6.07) is 11.2. The number of hydrogen-bond donors (Lipinski definition) is 1. The van der Waals surface area contributed by atoms with Crippen LogP contribution in [0.4, 0.5) is 38.1 Å². The van der Waals surface area contributed by atoms with E-state index >= 15 is 0 Å². The SMILES string of the molecule is COCc1ccc(C)cc1N1C(=O)CSC1=NC(=O)Nc1c(F)cc(/C=C/c2ncn(-c3ccc(OC(F)(F)F)cc3)n2)cc1F. The third kappa shape index (κ3) is 7.76. The molecule has 0 radical (unpaired) electrons. The van der Waals surface area contributed by atoms with Crippen molar-refractivity contribution >= 4 is 52.4 Å². The molecule has 0 unspecified atom stereocenters. The van der Waals surface area contributed by atoms with Crippen molar-refractivity contribution in [2.45, 2.75) is 19.9 Å². The minimum Gasteiger partial charge on any atom is -0.406 e. The van der Waals surface area contributed by atoms with E-state index < -0.39 is 35.5 Å². The summed E-state index contributed by atoms with van der Waals surface area (Å²) in [5.74, 6) is -2.73. The first kappa shape index (κ1) is 32.3. The lowest BCUT2D eigenvalue weighted by molar-refractivity contribution is -0.274. The minimum atomic E-state index is -4.82. The standard InChI is InChI=1S/C30H23F5N6O4S/c1-17-3-5-19(14-44-2)24(11-17)41-26(42)15-46-29(41)38-28(43)37-27-22(31)12-18(13-23(27)32)4-10-25-36-16-40(39-25)20-6-8-21(9-7-20)45-30(33,34)35/h3-13,16H,14-15H2,1-2H3,(H,37,43)/b10-4+,38-29?. The van der Waals surface area contributed by atoms with Crippen LogP contribution in [0.3, 0.4) is 0 Å². The van der Waals surface area contributed by atoms with E-state index in [2.05, 4.69) is 25.1 Å². The number of ether oxygens (including phenoxy) is 2. The van der Waals surface area contributed by atoms with Crippen molar-refractivity contribution in [3.05, 3.63) is 95.1 Å². The molecule has 1 saturated heterocycles. The van der Waals surface area contributed by atoms with Crippen molar-refractivity contribution in [1.29, 1.82) is 0 Å². The number of aliphatic imine (C=N–C) groups is 1. The van der Waals surface area contributed by atoms with Gasteiger partial charge in [-0.2, -0.15) is 4.99 Å². The Hall–Kier alpha value is -5.09. The van der Waals surface area contributed by atoms with E-state index in [1.165, 1.54) is 47.3 Å². The normalized spacial score (nSPS) is 14.5. The van der Waals surface area contributed by atoms with Crippen molar-refractivity contribution < 1.29 is 41.0 Å². The van der Waals surface area contributed by atoms with Crippen LogP contribution < -0.4 is 15.0 Å². The number of methoxy groups -OCH3 is 1. The van der Waals surface area contributed by atoms with E-state index in [0.717, 1.165) is 41.6 Å². The summed E-state index contributed by atoms with van der Waals surface area (Å²) in [7, 11) is 1.51. The summed E-state index contributed by atoms with van der Waals surface area (Å²) in [5.41, 5.74) is 1.78. The largest absolute Gasteiger partial charge is 0.573 e. The number of aromatic nitrogens is 3. The summed E-state index contributed by atoms with van der Waals surface area (Å²) < 4.78 is 77.3. The summed E-state index contributed by atoms with van der Waals surface area (Å²) in [6.45, 7) is 2.05. The molecule has 1 aliphatic rings. The number of amidine groups is 1. The highest BCUT2D eigenvalue weighted by molar-refractivity contribution is 8.15. The van der Waals surface area contributed by atoms with E-state index in [0.29, 0.717) is 16.9 Å². The fraction of sp³-hybridized carbons (Fsp3) is 0.167. The summed E-state index contributed by atoms with van der Waals surface area (Å²) in [5, 5.41) is 6.31. The first-order chi connectivity index (χ1) is 21.9. The van der Waals surface area contributed by atoms with Crippen LogP contribution in [0.1, 0.15) is 22.5 Å². The molecule has 46 heavy (non-hydrogen) atoms. The Bertz CT molecular complexity index is 1820. The van der Waals surface area contributed by atoms with Crippen LogP contribution in [0.15, 0.2) is 65.9 Å². The molecule has 2 heterocycles. The van der Waals surface area contributed by atoms with Gasteiger partial charge in [-0.25, -0.2) is 23.2 Å². The van der Waals surface area contributed by atoms with Crippen LogP contribution in [-0.4, -0.2) is 51.1 Å². The highest BCUT2D eigenvalue weighted by Gasteiger charge is 2.33. The van der Waals surface area contributed by atoms with Gasteiger partial charge in [0.25, 0.3) is 0 Å². The number of nitrogens with zero attached hydrogens (tertiary/aromatic N) is 5. The topological polar surface area (TPSA) is 111 Å². The molecule has 4 aromatic rings. The average molecular weight is 659 g/mol. The third-order valence-electron chi connectivity index (χ3n) is 6.31. The fourth-order valence-electron chi connectivity index (χ4n) is 4.32. The monoisotopic (exact) mass is 658 g/mol. The zero-order valence-electron chi connectivity index (χ0n) is 24.0. The molecule has 3 aromatic carbocycles. The molecule has 238 valence electrons. The van der Waals surface area contributed by atoms with Gasteiger partial charge in [-0.1, -0.05) is 30.0 Å². The zero-order valence-corrected chi connectivity index (χ0v) is 24.8. The number of amides is 3.